The van der Waals surface area contributed by atoms with Crippen LogP contribution >= 0.6 is 11.8 Å². The average Bonchev–Trinajstić information content (AvgIpc) is 3.04. The second kappa shape index (κ2) is 8.72. The molecule has 0 saturated carbocycles. The van der Waals surface area contributed by atoms with Crippen LogP contribution in [0.4, 0.5) is 0 Å². The summed E-state index contributed by atoms with van der Waals surface area (Å²) in [4.78, 5) is 0. The summed E-state index contributed by atoms with van der Waals surface area (Å²) in [7, 11) is 1.67. The Hall–Kier alpha value is -2.53. The van der Waals surface area contributed by atoms with Crippen LogP contribution in [0.5, 0.6) is 5.75 Å². The molecule has 0 atom stereocenters. The Bertz CT molecular complexity index is 854. The molecule has 0 saturated heterocycles. The summed E-state index contributed by atoms with van der Waals surface area (Å²) in [5.74, 6) is 2.68. The van der Waals surface area contributed by atoms with E-state index in [0.717, 1.165) is 28.9 Å². The van der Waals surface area contributed by atoms with Crippen molar-refractivity contribution in [2.45, 2.75) is 30.8 Å². The molecule has 0 unspecified atom stereocenters. The molecule has 0 fully saturated rings. The number of thioether (sulfide) groups is 1. The molecule has 2 aromatic carbocycles. The fraction of sp³-hybridized carbons (Fsp3) is 0.238. The van der Waals surface area contributed by atoms with E-state index in [-0.39, 0.29) is 0 Å². The average molecular weight is 366 g/mol. The van der Waals surface area contributed by atoms with Gasteiger partial charge in [-0.05, 0) is 30.2 Å². The maximum Gasteiger partial charge on any atom is 0.191 e. The molecule has 1 aromatic heterocycles. The molecular formula is C21H23N3OS. The fourth-order valence-corrected chi connectivity index (χ4v) is 3.55. The molecule has 4 nitrogen and oxygen atoms in total. The first-order chi connectivity index (χ1) is 12.7. The van der Waals surface area contributed by atoms with Gasteiger partial charge in [-0.15, -0.1) is 16.8 Å². The molecule has 0 aliphatic carbocycles. The van der Waals surface area contributed by atoms with Gasteiger partial charge < -0.3 is 9.30 Å². The van der Waals surface area contributed by atoms with Crippen molar-refractivity contribution in [1.82, 2.24) is 14.8 Å². The van der Waals surface area contributed by atoms with Crippen LogP contribution in [0.2, 0.25) is 0 Å². The second-order valence-corrected chi connectivity index (χ2v) is 7.04. The highest BCUT2D eigenvalue weighted by atomic mass is 32.2. The number of nitrogens with zero attached hydrogens (tertiary/aromatic N) is 3. The molecule has 0 spiro atoms. The van der Waals surface area contributed by atoms with E-state index in [2.05, 4.69) is 64.7 Å². The van der Waals surface area contributed by atoms with Gasteiger partial charge in [-0.3, -0.25) is 0 Å². The van der Waals surface area contributed by atoms with Gasteiger partial charge in [0.15, 0.2) is 5.16 Å². The van der Waals surface area contributed by atoms with E-state index in [1.807, 2.05) is 18.2 Å². The lowest BCUT2D eigenvalue weighted by Gasteiger charge is -2.08. The van der Waals surface area contributed by atoms with Gasteiger partial charge >= 0.3 is 0 Å². The maximum absolute atomic E-state index is 5.22. The molecule has 0 aliphatic heterocycles. The van der Waals surface area contributed by atoms with Crippen molar-refractivity contribution in [3.63, 3.8) is 0 Å². The first kappa shape index (κ1) is 18.3. The van der Waals surface area contributed by atoms with E-state index in [9.17, 15) is 0 Å². The van der Waals surface area contributed by atoms with E-state index >= 15 is 0 Å². The van der Waals surface area contributed by atoms with Crippen molar-refractivity contribution in [3.8, 4) is 5.75 Å². The summed E-state index contributed by atoms with van der Waals surface area (Å²) in [6, 6.07) is 16.7. The van der Waals surface area contributed by atoms with Crippen molar-refractivity contribution >= 4 is 11.8 Å². The number of aryl methyl sites for hydroxylation is 1. The van der Waals surface area contributed by atoms with Crippen LogP contribution in [0.15, 0.2) is 66.3 Å². The number of ether oxygens (including phenoxy) is 1. The van der Waals surface area contributed by atoms with Gasteiger partial charge in [-0.2, -0.15) is 0 Å². The third-order valence-electron chi connectivity index (χ3n) is 4.11. The van der Waals surface area contributed by atoms with Crippen molar-refractivity contribution in [2.75, 3.05) is 7.11 Å². The molecule has 0 N–H and O–H groups in total. The van der Waals surface area contributed by atoms with Gasteiger partial charge in [0.25, 0.3) is 0 Å². The molecule has 0 amide bonds. The number of allylic oxidation sites excluding steroid dienone is 1. The monoisotopic (exact) mass is 365 g/mol. The molecule has 3 rings (SSSR count). The van der Waals surface area contributed by atoms with Gasteiger partial charge in [0, 0.05) is 18.7 Å². The van der Waals surface area contributed by atoms with Gasteiger partial charge in [0.1, 0.15) is 11.6 Å². The lowest BCUT2D eigenvalue weighted by Crippen LogP contribution is -2.05. The number of hydrogen-bond donors (Lipinski definition) is 0. The Morgan fingerprint density at radius 2 is 1.73 bits per heavy atom. The Kier molecular flexibility index (Phi) is 6.12. The lowest BCUT2D eigenvalue weighted by molar-refractivity contribution is 0.414. The van der Waals surface area contributed by atoms with Crippen molar-refractivity contribution in [1.29, 1.82) is 0 Å². The topological polar surface area (TPSA) is 39.9 Å². The summed E-state index contributed by atoms with van der Waals surface area (Å²) in [6.07, 6.45) is 2.62. The van der Waals surface area contributed by atoms with Crippen LogP contribution < -0.4 is 4.74 Å². The first-order valence-electron chi connectivity index (χ1n) is 8.54. The zero-order valence-corrected chi connectivity index (χ0v) is 16.0. The number of aromatic nitrogens is 3. The van der Waals surface area contributed by atoms with Crippen LogP contribution in [0.1, 0.15) is 22.5 Å². The van der Waals surface area contributed by atoms with Gasteiger partial charge in [0.05, 0.1) is 7.11 Å². The molecule has 5 heteroatoms. The lowest BCUT2D eigenvalue weighted by atomic mass is 10.1. The minimum Gasteiger partial charge on any atom is -0.497 e. The number of rotatable bonds is 8. The predicted molar refractivity (Wildman–Crippen MR) is 107 cm³/mol. The van der Waals surface area contributed by atoms with Gasteiger partial charge in [-0.25, -0.2) is 0 Å². The van der Waals surface area contributed by atoms with E-state index in [1.165, 1.54) is 16.7 Å². The SMILES string of the molecule is C=CCn1c(Cc2ccc(OC)cc2)nnc1SCc1ccc(C)cc1. The number of benzene rings is 2. The summed E-state index contributed by atoms with van der Waals surface area (Å²) in [5, 5.41) is 9.74. The van der Waals surface area contributed by atoms with Crippen molar-refractivity contribution in [3.05, 3.63) is 83.7 Å². The minimum absolute atomic E-state index is 0.703. The third-order valence-corrected chi connectivity index (χ3v) is 5.15. The molecule has 0 radical (unpaired) electrons. The summed E-state index contributed by atoms with van der Waals surface area (Å²) in [6.45, 7) is 6.68. The van der Waals surface area contributed by atoms with Crippen LogP contribution in [0.25, 0.3) is 0 Å². The Morgan fingerprint density at radius 1 is 1.04 bits per heavy atom. The summed E-state index contributed by atoms with van der Waals surface area (Å²) >= 11 is 1.70. The Labute approximate surface area is 158 Å². The Morgan fingerprint density at radius 3 is 2.38 bits per heavy atom. The molecule has 3 aromatic rings. The maximum atomic E-state index is 5.22. The highest BCUT2D eigenvalue weighted by Crippen LogP contribution is 2.23. The van der Waals surface area contributed by atoms with E-state index < -0.39 is 0 Å². The zero-order chi connectivity index (χ0) is 18.4. The van der Waals surface area contributed by atoms with Crippen molar-refractivity contribution in [2.24, 2.45) is 0 Å². The van der Waals surface area contributed by atoms with Crippen LogP contribution in [-0.4, -0.2) is 21.9 Å². The van der Waals surface area contributed by atoms with E-state index in [1.54, 1.807) is 18.9 Å². The molecule has 134 valence electrons. The highest BCUT2D eigenvalue weighted by Gasteiger charge is 2.12. The smallest absolute Gasteiger partial charge is 0.191 e. The molecule has 1 heterocycles. The Balaban J connectivity index is 1.74. The normalized spacial score (nSPS) is 10.7. The van der Waals surface area contributed by atoms with Gasteiger partial charge in [-0.1, -0.05) is 59.8 Å². The zero-order valence-electron chi connectivity index (χ0n) is 15.2. The van der Waals surface area contributed by atoms with Crippen LogP contribution in [0, 0.1) is 6.92 Å². The van der Waals surface area contributed by atoms with Crippen LogP contribution in [-0.2, 0) is 18.7 Å². The third kappa shape index (κ3) is 4.55. The van der Waals surface area contributed by atoms with Crippen LogP contribution in [0.3, 0.4) is 0 Å². The molecular weight excluding hydrogens is 342 g/mol. The molecule has 0 aliphatic rings. The standard InChI is InChI=1S/C21H23N3OS/c1-4-13-24-20(14-17-9-11-19(25-3)12-10-17)22-23-21(24)26-15-18-7-5-16(2)6-8-18/h4-12H,1,13-15H2,2-3H3. The fourth-order valence-electron chi connectivity index (χ4n) is 2.63. The predicted octanol–water partition coefficient (Wildman–Crippen LogP) is 4.66. The largest absolute Gasteiger partial charge is 0.497 e. The quantitative estimate of drug-likeness (QED) is 0.430. The molecule has 26 heavy (non-hydrogen) atoms. The highest BCUT2D eigenvalue weighted by molar-refractivity contribution is 7.98. The minimum atomic E-state index is 0.703. The summed E-state index contributed by atoms with van der Waals surface area (Å²) < 4.78 is 7.35. The van der Waals surface area contributed by atoms with E-state index in [4.69, 9.17) is 4.74 Å². The first-order valence-corrected chi connectivity index (χ1v) is 9.52. The second-order valence-electron chi connectivity index (χ2n) is 6.10. The molecule has 0 bridgehead atoms. The number of hydrogen-bond acceptors (Lipinski definition) is 4. The van der Waals surface area contributed by atoms with Crippen molar-refractivity contribution < 1.29 is 4.74 Å². The van der Waals surface area contributed by atoms with E-state index in [0.29, 0.717) is 6.54 Å². The number of methoxy groups -OCH3 is 1. The van der Waals surface area contributed by atoms with Gasteiger partial charge in [0.2, 0.25) is 0 Å². The summed E-state index contributed by atoms with van der Waals surface area (Å²) in [5.41, 5.74) is 3.74.